The van der Waals surface area contributed by atoms with Crippen molar-refractivity contribution in [3.8, 4) is 0 Å². The Hall–Kier alpha value is -2.71. The molecule has 8 nitrogen and oxygen atoms in total. The Bertz CT molecular complexity index is 905. The number of carbonyl (C=O) groups is 2. The number of hydrogen-bond acceptors (Lipinski definition) is 5. The van der Waals surface area contributed by atoms with Gasteiger partial charge in [0.25, 0.3) is 11.8 Å². The number of likely N-dealkylation sites (N-methyl/N-ethyl adjacent to an activating group) is 1. The Morgan fingerprint density at radius 3 is 2.58 bits per heavy atom. The summed E-state index contributed by atoms with van der Waals surface area (Å²) in [7, 11) is 3.83. The molecule has 31 heavy (non-hydrogen) atoms. The van der Waals surface area contributed by atoms with E-state index < -0.39 is 11.7 Å². The third-order valence-corrected chi connectivity index (χ3v) is 6.17. The lowest BCUT2D eigenvalue weighted by Crippen LogP contribution is -2.62. The highest BCUT2D eigenvalue weighted by atomic mass is 16.5. The Labute approximate surface area is 183 Å². The van der Waals surface area contributed by atoms with Gasteiger partial charge in [-0.25, -0.2) is 0 Å². The van der Waals surface area contributed by atoms with Crippen LogP contribution in [-0.2, 0) is 23.0 Å². The molecule has 8 heteroatoms. The second kappa shape index (κ2) is 9.20. The molecule has 2 saturated heterocycles. The van der Waals surface area contributed by atoms with E-state index in [-0.39, 0.29) is 11.8 Å². The zero-order chi connectivity index (χ0) is 21.8. The van der Waals surface area contributed by atoms with Crippen molar-refractivity contribution >= 4 is 11.8 Å². The van der Waals surface area contributed by atoms with Crippen molar-refractivity contribution in [3.05, 3.63) is 53.9 Å². The van der Waals surface area contributed by atoms with Gasteiger partial charge in [-0.1, -0.05) is 30.3 Å². The highest BCUT2D eigenvalue weighted by molar-refractivity contribution is 5.92. The number of amides is 2. The van der Waals surface area contributed by atoms with E-state index in [1.165, 1.54) is 5.56 Å². The van der Waals surface area contributed by atoms with Gasteiger partial charge >= 0.3 is 0 Å². The summed E-state index contributed by atoms with van der Waals surface area (Å²) in [5.41, 5.74) is 1.27. The van der Waals surface area contributed by atoms with Gasteiger partial charge < -0.3 is 19.9 Å². The maximum atomic E-state index is 12.8. The standard InChI is InChI=1S/C23H31N5O3/c1-26-16-20(21(29)24-12-8-18-6-4-3-5-7-18)31-23(17-26)10-14-28(15-11-23)22(30)19-9-13-27(2)25-19/h3-7,9,13,20H,8,10-12,14-17H2,1-2H3,(H,24,29)/t20-/m0/s1. The smallest absolute Gasteiger partial charge is 0.274 e. The number of aromatic nitrogens is 2. The van der Waals surface area contributed by atoms with E-state index in [2.05, 4.69) is 27.4 Å². The average molecular weight is 426 g/mol. The van der Waals surface area contributed by atoms with Crippen LogP contribution in [0.3, 0.4) is 0 Å². The zero-order valence-electron chi connectivity index (χ0n) is 18.3. The molecule has 1 N–H and O–H groups in total. The van der Waals surface area contributed by atoms with Gasteiger partial charge in [0.15, 0.2) is 0 Å². The van der Waals surface area contributed by atoms with Crippen LogP contribution < -0.4 is 5.32 Å². The molecule has 2 amide bonds. The zero-order valence-corrected chi connectivity index (χ0v) is 18.3. The topological polar surface area (TPSA) is 79.7 Å². The van der Waals surface area contributed by atoms with Crippen LogP contribution in [0.4, 0.5) is 0 Å². The third kappa shape index (κ3) is 5.14. The molecular weight excluding hydrogens is 394 g/mol. The number of carbonyl (C=O) groups excluding carboxylic acids is 2. The first kappa shape index (κ1) is 21.5. The van der Waals surface area contributed by atoms with Gasteiger partial charge in [-0.05, 0) is 37.9 Å². The number of benzene rings is 1. The van der Waals surface area contributed by atoms with Crippen LogP contribution in [0, 0.1) is 0 Å². The van der Waals surface area contributed by atoms with Crippen molar-refractivity contribution in [2.24, 2.45) is 7.05 Å². The first-order valence-electron chi connectivity index (χ1n) is 10.9. The number of rotatable bonds is 5. The van der Waals surface area contributed by atoms with Gasteiger partial charge in [0.05, 0.1) is 5.60 Å². The SMILES string of the molecule is CN1C[C@@H](C(=O)NCCc2ccccc2)OC2(CCN(C(=O)c3ccn(C)n3)CC2)C1. The Morgan fingerprint density at radius 2 is 1.90 bits per heavy atom. The summed E-state index contributed by atoms with van der Waals surface area (Å²) in [6.07, 6.45) is 3.50. The van der Waals surface area contributed by atoms with E-state index in [1.54, 1.807) is 24.0 Å². The van der Waals surface area contributed by atoms with Crippen LogP contribution in [0.5, 0.6) is 0 Å². The monoisotopic (exact) mass is 425 g/mol. The van der Waals surface area contributed by atoms with Gasteiger partial charge in [0.2, 0.25) is 0 Å². The highest BCUT2D eigenvalue weighted by Crippen LogP contribution is 2.32. The van der Waals surface area contributed by atoms with Crippen molar-refractivity contribution in [1.82, 2.24) is 24.9 Å². The number of piperidine rings is 1. The van der Waals surface area contributed by atoms with Crippen LogP contribution in [0.25, 0.3) is 0 Å². The molecule has 0 bridgehead atoms. The van der Waals surface area contributed by atoms with E-state index in [0.717, 1.165) is 13.0 Å². The number of ether oxygens (including phenoxy) is 1. The van der Waals surface area contributed by atoms with Crippen molar-refractivity contribution in [1.29, 1.82) is 0 Å². The molecule has 2 fully saturated rings. The van der Waals surface area contributed by atoms with Crippen molar-refractivity contribution < 1.29 is 14.3 Å². The summed E-state index contributed by atoms with van der Waals surface area (Å²) < 4.78 is 8.01. The molecule has 0 radical (unpaired) electrons. The Balaban J connectivity index is 1.31. The van der Waals surface area contributed by atoms with Gasteiger partial charge in [0.1, 0.15) is 11.8 Å². The van der Waals surface area contributed by atoms with Crippen LogP contribution in [0.15, 0.2) is 42.6 Å². The normalized spacial score (nSPS) is 21.2. The van der Waals surface area contributed by atoms with Gasteiger partial charge in [-0.15, -0.1) is 0 Å². The van der Waals surface area contributed by atoms with Crippen molar-refractivity contribution in [3.63, 3.8) is 0 Å². The quantitative estimate of drug-likeness (QED) is 0.776. The summed E-state index contributed by atoms with van der Waals surface area (Å²) in [6, 6.07) is 11.9. The summed E-state index contributed by atoms with van der Waals surface area (Å²) in [5, 5.41) is 7.25. The van der Waals surface area contributed by atoms with E-state index in [1.807, 2.05) is 30.1 Å². The molecule has 1 aromatic heterocycles. The molecule has 0 unspecified atom stereocenters. The van der Waals surface area contributed by atoms with Gasteiger partial charge in [0, 0.05) is 46.0 Å². The largest absolute Gasteiger partial charge is 0.359 e. The predicted molar refractivity (Wildman–Crippen MR) is 117 cm³/mol. The average Bonchev–Trinajstić information content (AvgIpc) is 3.20. The fraction of sp³-hybridized carbons (Fsp3) is 0.522. The van der Waals surface area contributed by atoms with E-state index in [9.17, 15) is 9.59 Å². The first-order valence-corrected chi connectivity index (χ1v) is 10.9. The molecule has 2 aliphatic rings. The Morgan fingerprint density at radius 1 is 1.16 bits per heavy atom. The molecule has 0 saturated carbocycles. The molecule has 2 aliphatic heterocycles. The molecule has 3 heterocycles. The minimum atomic E-state index is -0.493. The molecule has 2 aromatic rings. The van der Waals surface area contributed by atoms with E-state index in [4.69, 9.17) is 4.74 Å². The summed E-state index contributed by atoms with van der Waals surface area (Å²) in [5.74, 6) is -0.108. The van der Waals surface area contributed by atoms with Crippen LogP contribution in [0.1, 0.15) is 28.9 Å². The number of nitrogens with one attached hydrogen (secondary N) is 1. The number of aryl methyl sites for hydroxylation is 1. The molecular formula is C23H31N5O3. The fourth-order valence-corrected chi connectivity index (χ4v) is 4.53. The second-order valence-electron chi connectivity index (χ2n) is 8.68. The molecule has 1 atom stereocenters. The van der Waals surface area contributed by atoms with Gasteiger partial charge in [-0.2, -0.15) is 5.10 Å². The summed E-state index contributed by atoms with van der Waals surface area (Å²) in [6.45, 7) is 3.14. The Kier molecular flexibility index (Phi) is 6.38. The molecule has 0 aliphatic carbocycles. The maximum Gasteiger partial charge on any atom is 0.274 e. The number of hydrogen-bond donors (Lipinski definition) is 1. The van der Waals surface area contributed by atoms with Crippen LogP contribution in [0.2, 0.25) is 0 Å². The summed E-state index contributed by atoms with van der Waals surface area (Å²) in [4.78, 5) is 29.5. The van der Waals surface area contributed by atoms with Gasteiger partial charge in [-0.3, -0.25) is 14.3 Å². The lowest BCUT2D eigenvalue weighted by atomic mass is 9.88. The lowest BCUT2D eigenvalue weighted by Gasteiger charge is -2.48. The fourth-order valence-electron chi connectivity index (χ4n) is 4.53. The minimum absolute atomic E-state index is 0.0465. The maximum absolute atomic E-state index is 12.8. The molecule has 1 spiro atoms. The number of nitrogens with zero attached hydrogens (tertiary/aromatic N) is 4. The van der Waals surface area contributed by atoms with Crippen molar-refractivity contribution in [2.45, 2.75) is 31.0 Å². The summed E-state index contributed by atoms with van der Waals surface area (Å²) >= 11 is 0. The third-order valence-electron chi connectivity index (χ3n) is 6.17. The second-order valence-corrected chi connectivity index (χ2v) is 8.68. The van der Waals surface area contributed by atoms with Crippen LogP contribution >= 0.6 is 0 Å². The van der Waals surface area contributed by atoms with E-state index >= 15 is 0 Å². The molecule has 1 aromatic carbocycles. The van der Waals surface area contributed by atoms with E-state index in [0.29, 0.717) is 44.7 Å². The first-order chi connectivity index (χ1) is 14.9. The molecule has 166 valence electrons. The molecule has 4 rings (SSSR count). The minimum Gasteiger partial charge on any atom is -0.359 e. The number of morpholine rings is 1. The van der Waals surface area contributed by atoms with Crippen LogP contribution in [-0.4, -0.2) is 82.9 Å². The van der Waals surface area contributed by atoms with Crippen molar-refractivity contribution in [2.75, 3.05) is 39.8 Å². The lowest BCUT2D eigenvalue weighted by molar-refractivity contribution is -0.180. The highest BCUT2D eigenvalue weighted by Gasteiger charge is 2.44. The predicted octanol–water partition coefficient (Wildman–Crippen LogP) is 1.08. The number of likely N-dealkylation sites (tertiary alicyclic amines) is 1.